The smallest absolute Gasteiger partial charge is 0.338 e. The number of rotatable bonds is 5. The Morgan fingerprint density at radius 1 is 0.960 bits per heavy atom. The number of carbonyl (C=O) groups excluding carboxylic acids is 1. The normalized spacial score (nSPS) is 11.1. The van der Waals surface area contributed by atoms with Gasteiger partial charge in [0.15, 0.2) is 11.5 Å². The van der Waals surface area contributed by atoms with Crippen molar-refractivity contribution in [2.75, 3.05) is 14.2 Å². The fourth-order valence-electron chi connectivity index (χ4n) is 2.51. The highest BCUT2D eigenvalue weighted by Gasteiger charge is 2.15. The first-order chi connectivity index (χ1) is 11.8. The van der Waals surface area contributed by atoms with E-state index in [1.54, 1.807) is 14.2 Å². The molecule has 0 spiro atoms. The zero-order valence-electron chi connectivity index (χ0n) is 15.8. The highest BCUT2D eigenvalue weighted by Crippen LogP contribution is 2.30. The molecule has 0 bridgehead atoms. The van der Waals surface area contributed by atoms with E-state index in [9.17, 15) is 4.79 Å². The molecule has 2 rings (SSSR count). The average Bonchev–Trinajstić information content (AvgIpc) is 2.59. The van der Waals surface area contributed by atoms with Gasteiger partial charge < -0.3 is 14.2 Å². The van der Waals surface area contributed by atoms with Crippen LogP contribution in [0.4, 0.5) is 0 Å². The van der Waals surface area contributed by atoms with Crippen molar-refractivity contribution in [1.82, 2.24) is 0 Å². The number of hydrogen-bond donors (Lipinski definition) is 0. The van der Waals surface area contributed by atoms with Crippen LogP contribution in [0.2, 0.25) is 0 Å². The summed E-state index contributed by atoms with van der Waals surface area (Å²) in [7, 11) is 3.18. The van der Waals surface area contributed by atoms with Gasteiger partial charge in [-0.2, -0.15) is 0 Å². The van der Waals surface area contributed by atoms with Gasteiger partial charge in [-0.3, -0.25) is 0 Å². The molecular weight excluding hydrogens is 316 g/mol. The van der Waals surface area contributed by atoms with Crippen molar-refractivity contribution < 1.29 is 19.0 Å². The summed E-state index contributed by atoms with van der Waals surface area (Å²) in [4.78, 5) is 12.3. The van der Waals surface area contributed by atoms with Crippen molar-refractivity contribution in [2.45, 2.75) is 39.7 Å². The molecule has 0 radical (unpaired) electrons. The third-order valence-corrected chi connectivity index (χ3v) is 4.19. The van der Waals surface area contributed by atoms with Crippen LogP contribution in [-0.2, 0) is 16.8 Å². The molecule has 4 heteroatoms. The largest absolute Gasteiger partial charge is 0.493 e. The van der Waals surface area contributed by atoms with Crippen LogP contribution in [0, 0.1) is 6.92 Å². The summed E-state index contributed by atoms with van der Waals surface area (Å²) in [5.74, 6) is 0.941. The summed E-state index contributed by atoms with van der Waals surface area (Å²) in [6, 6.07) is 11.3. The zero-order valence-corrected chi connectivity index (χ0v) is 15.8. The maximum atomic E-state index is 12.3. The molecular formula is C21H26O4. The van der Waals surface area contributed by atoms with E-state index in [0.29, 0.717) is 17.1 Å². The molecule has 0 aromatic heterocycles. The molecule has 0 aliphatic rings. The van der Waals surface area contributed by atoms with Crippen LogP contribution in [0.15, 0.2) is 36.4 Å². The third-order valence-electron chi connectivity index (χ3n) is 4.19. The van der Waals surface area contributed by atoms with Crippen LogP contribution >= 0.6 is 0 Å². The average molecular weight is 342 g/mol. The van der Waals surface area contributed by atoms with Gasteiger partial charge in [-0.15, -0.1) is 0 Å². The van der Waals surface area contributed by atoms with Crippen LogP contribution in [-0.4, -0.2) is 20.2 Å². The van der Waals surface area contributed by atoms with Gasteiger partial charge in [-0.1, -0.05) is 32.9 Å². The standard InChI is InChI=1S/C21H26O4/c1-14-11-18(23-5)19(24-6)12-16(14)13-25-20(22)15-7-9-17(10-8-15)21(2,3)4/h7-12H,13H2,1-6H3. The SMILES string of the molecule is COc1cc(C)c(COC(=O)c2ccc(C(C)(C)C)cc2)cc1OC. The van der Waals surface area contributed by atoms with E-state index in [1.807, 2.05) is 43.3 Å². The minimum absolute atomic E-state index is 0.0548. The molecule has 2 aromatic rings. The Morgan fingerprint density at radius 3 is 2.04 bits per heavy atom. The van der Waals surface area contributed by atoms with E-state index in [2.05, 4.69) is 20.8 Å². The molecule has 0 unspecified atom stereocenters. The molecule has 4 nitrogen and oxygen atoms in total. The van der Waals surface area contributed by atoms with Crippen LogP contribution in [0.3, 0.4) is 0 Å². The molecule has 0 saturated heterocycles. The van der Waals surface area contributed by atoms with Gasteiger partial charge in [0.1, 0.15) is 6.61 Å². The molecule has 134 valence electrons. The van der Waals surface area contributed by atoms with Gasteiger partial charge in [0, 0.05) is 0 Å². The number of hydrogen-bond acceptors (Lipinski definition) is 4. The zero-order chi connectivity index (χ0) is 18.6. The van der Waals surface area contributed by atoms with Crippen molar-refractivity contribution in [3.05, 3.63) is 58.7 Å². The van der Waals surface area contributed by atoms with Crippen molar-refractivity contribution in [3.8, 4) is 11.5 Å². The van der Waals surface area contributed by atoms with Gasteiger partial charge in [-0.25, -0.2) is 4.79 Å². The molecule has 25 heavy (non-hydrogen) atoms. The lowest BCUT2D eigenvalue weighted by Crippen LogP contribution is -2.12. The third kappa shape index (κ3) is 4.53. The molecule has 0 fully saturated rings. The number of aryl methyl sites for hydroxylation is 1. The van der Waals surface area contributed by atoms with Crippen molar-refractivity contribution in [1.29, 1.82) is 0 Å². The second kappa shape index (κ2) is 7.60. The summed E-state index contributed by atoms with van der Waals surface area (Å²) < 4.78 is 16.0. The summed E-state index contributed by atoms with van der Waals surface area (Å²) in [6.07, 6.45) is 0. The lowest BCUT2D eigenvalue weighted by Gasteiger charge is -2.19. The van der Waals surface area contributed by atoms with Gasteiger partial charge in [0.25, 0.3) is 0 Å². The second-order valence-corrected chi connectivity index (χ2v) is 7.04. The van der Waals surface area contributed by atoms with Gasteiger partial charge in [0.05, 0.1) is 19.8 Å². The van der Waals surface area contributed by atoms with Gasteiger partial charge in [0.2, 0.25) is 0 Å². The van der Waals surface area contributed by atoms with Crippen LogP contribution in [0.1, 0.15) is 47.8 Å². The Labute approximate surface area is 149 Å². The minimum atomic E-state index is -0.338. The Morgan fingerprint density at radius 2 is 1.52 bits per heavy atom. The molecule has 2 aromatic carbocycles. The van der Waals surface area contributed by atoms with Crippen LogP contribution < -0.4 is 9.47 Å². The molecule has 0 saturated carbocycles. The number of esters is 1. The number of benzene rings is 2. The van der Waals surface area contributed by atoms with Crippen molar-refractivity contribution >= 4 is 5.97 Å². The lowest BCUT2D eigenvalue weighted by atomic mass is 9.87. The highest BCUT2D eigenvalue weighted by atomic mass is 16.5. The summed E-state index contributed by atoms with van der Waals surface area (Å²) >= 11 is 0. The number of carbonyl (C=O) groups is 1. The fourth-order valence-corrected chi connectivity index (χ4v) is 2.51. The van der Waals surface area contributed by atoms with E-state index in [1.165, 1.54) is 5.56 Å². The number of methoxy groups -OCH3 is 2. The summed E-state index contributed by atoms with van der Waals surface area (Å²) in [5, 5.41) is 0. The monoisotopic (exact) mass is 342 g/mol. The number of ether oxygens (including phenoxy) is 3. The molecule has 0 amide bonds. The van der Waals surface area contributed by atoms with Gasteiger partial charge >= 0.3 is 5.97 Å². The summed E-state index contributed by atoms with van der Waals surface area (Å²) in [5.41, 5.74) is 3.65. The molecule has 0 heterocycles. The Balaban J connectivity index is 2.09. The Bertz CT molecular complexity index is 740. The van der Waals surface area contributed by atoms with Crippen molar-refractivity contribution in [2.24, 2.45) is 0 Å². The molecule has 0 N–H and O–H groups in total. The van der Waals surface area contributed by atoms with Crippen LogP contribution in [0.5, 0.6) is 11.5 Å². The molecule has 0 aliphatic heterocycles. The fraction of sp³-hybridized carbons (Fsp3) is 0.381. The highest BCUT2D eigenvalue weighted by molar-refractivity contribution is 5.89. The minimum Gasteiger partial charge on any atom is -0.493 e. The predicted octanol–water partition coefficient (Wildman–Crippen LogP) is 4.67. The second-order valence-electron chi connectivity index (χ2n) is 7.04. The lowest BCUT2D eigenvalue weighted by molar-refractivity contribution is 0.0471. The Kier molecular flexibility index (Phi) is 5.73. The van der Waals surface area contributed by atoms with Gasteiger partial charge in [-0.05, 0) is 53.3 Å². The van der Waals surface area contributed by atoms with E-state index >= 15 is 0 Å². The first-order valence-electron chi connectivity index (χ1n) is 8.25. The Hall–Kier alpha value is -2.49. The van der Waals surface area contributed by atoms with E-state index in [-0.39, 0.29) is 18.0 Å². The maximum absolute atomic E-state index is 12.3. The summed E-state index contributed by atoms with van der Waals surface area (Å²) in [6.45, 7) is 8.55. The van der Waals surface area contributed by atoms with E-state index < -0.39 is 0 Å². The topological polar surface area (TPSA) is 44.8 Å². The van der Waals surface area contributed by atoms with E-state index in [0.717, 1.165) is 11.1 Å². The first-order valence-corrected chi connectivity index (χ1v) is 8.25. The molecule has 0 atom stereocenters. The predicted molar refractivity (Wildman–Crippen MR) is 98.5 cm³/mol. The van der Waals surface area contributed by atoms with E-state index in [4.69, 9.17) is 14.2 Å². The first kappa shape index (κ1) is 18.8. The maximum Gasteiger partial charge on any atom is 0.338 e. The molecule has 0 aliphatic carbocycles. The quantitative estimate of drug-likeness (QED) is 0.741. The van der Waals surface area contributed by atoms with Crippen LogP contribution in [0.25, 0.3) is 0 Å². The van der Waals surface area contributed by atoms with Crippen molar-refractivity contribution in [3.63, 3.8) is 0 Å².